The summed E-state index contributed by atoms with van der Waals surface area (Å²) in [6.45, 7) is 0. The van der Waals surface area contributed by atoms with Crippen LogP contribution in [0.15, 0.2) is 10.7 Å². The smallest absolute Gasteiger partial charge is 0.244 e. The summed E-state index contributed by atoms with van der Waals surface area (Å²) in [4.78, 5) is 3.64. The van der Waals surface area contributed by atoms with Crippen molar-refractivity contribution in [3.8, 4) is 0 Å². The normalized spacial score (nSPS) is 10.9. The predicted molar refractivity (Wildman–Crippen MR) is 46.4 cm³/mol. The summed E-state index contributed by atoms with van der Waals surface area (Å²) >= 11 is 8.11. The molecular weight excluding hydrogens is 270 g/mol. The van der Waals surface area contributed by atoms with Gasteiger partial charge in [-0.05, 0) is 22.0 Å². The highest BCUT2D eigenvalue weighted by Crippen LogP contribution is 2.29. The molecule has 1 rings (SSSR count). The number of aromatic nitrogens is 1. The molecule has 0 aliphatic carbocycles. The Labute approximate surface area is 86.0 Å². The van der Waals surface area contributed by atoms with Gasteiger partial charge in [-0.15, -0.1) is 11.6 Å². The van der Waals surface area contributed by atoms with Crippen LogP contribution in [0.2, 0.25) is 0 Å². The number of halogens is 5. The molecule has 6 heteroatoms. The van der Waals surface area contributed by atoms with Crippen LogP contribution in [-0.4, -0.2) is 4.98 Å². The Balaban J connectivity index is 3.23. The van der Waals surface area contributed by atoms with Gasteiger partial charge < -0.3 is 0 Å². The van der Waals surface area contributed by atoms with Crippen molar-refractivity contribution in [1.29, 1.82) is 0 Å². The molecule has 0 bridgehead atoms. The second kappa shape index (κ2) is 4.28. The second-order valence-corrected chi connectivity index (χ2v) is 3.25. The minimum Gasteiger partial charge on any atom is -0.244 e. The minimum atomic E-state index is -2.88. The van der Waals surface area contributed by atoms with E-state index in [4.69, 9.17) is 11.6 Å². The summed E-state index contributed by atoms with van der Waals surface area (Å²) in [6, 6.07) is 0.902. The van der Waals surface area contributed by atoms with Crippen LogP contribution in [0.5, 0.6) is 0 Å². The Hall–Kier alpha value is -0.290. The average molecular weight is 274 g/mol. The second-order valence-electron chi connectivity index (χ2n) is 2.23. The Kier molecular flexibility index (Phi) is 3.55. The lowest BCUT2D eigenvalue weighted by Crippen LogP contribution is -1.98. The van der Waals surface area contributed by atoms with E-state index in [1.54, 1.807) is 0 Å². The molecule has 72 valence electrons. The van der Waals surface area contributed by atoms with Gasteiger partial charge in [0.1, 0.15) is 10.4 Å². The van der Waals surface area contributed by atoms with E-state index in [2.05, 4.69) is 20.9 Å². The predicted octanol–water partition coefficient (Wildman–Crippen LogP) is 3.66. The van der Waals surface area contributed by atoms with E-state index in [9.17, 15) is 13.2 Å². The van der Waals surface area contributed by atoms with E-state index in [1.807, 2.05) is 0 Å². The first-order valence-electron chi connectivity index (χ1n) is 3.25. The van der Waals surface area contributed by atoms with Crippen LogP contribution in [0.3, 0.4) is 0 Å². The zero-order chi connectivity index (χ0) is 10.0. The van der Waals surface area contributed by atoms with Gasteiger partial charge in [0.15, 0.2) is 0 Å². The number of rotatable bonds is 2. The van der Waals surface area contributed by atoms with Crippen LogP contribution in [0, 0.1) is 5.82 Å². The molecule has 1 aromatic rings. The van der Waals surface area contributed by atoms with Crippen molar-refractivity contribution >= 4 is 27.5 Å². The molecule has 0 aliphatic heterocycles. The van der Waals surface area contributed by atoms with Gasteiger partial charge in [-0.2, -0.15) is 0 Å². The third-order valence-corrected chi connectivity index (χ3v) is 2.25. The standard InChI is InChI=1S/C7H4BrClF3N/c8-6-5(7(11)12)4(10)1-3(2-9)13-6/h1,7H,2H2. The van der Waals surface area contributed by atoms with Gasteiger partial charge in [-0.1, -0.05) is 0 Å². The van der Waals surface area contributed by atoms with Gasteiger partial charge in [-0.3, -0.25) is 0 Å². The van der Waals surface area contributed by atoms with Crippen molar-refractivity contribution in [1.82, 2.24) is 4.98 Å². The fraction of sp³-hybridized carbons (Fsp3) is 0.286. The van der Waals surface area contributed by atoms with Crippen LogP contribution in [0.1, 0.15) is 17.7 Å². The van der Waals surface area contributed by atoms with Crippen LogP contribution in [0.4, 0.5) is 13.2 Å². The molecule has 0 fully saturated rings. The molecule has 1 nitrogen and oxygen atoms in total. The largest absolute Gasteiger partial charge is 0.269 e. The fourth-order valence-corrected chi connectivity index (χ4v) is 1.53. The molecule has 0 aliphatic rings. The summed E-state index contributed by atoms with van der Waals surface area (Å²) in [5.74, 6) is -1.01. The van der Waals surface area contributed by atoms with Crippen LogP contribution < -0.4 is 0 Å². The van der Waals surface area contributed by atoms with Crippen LogP contribution in [0.25, 0.3) is 0 Å². The zero-order valence-corrected chi connectivity index (χ0v) is 8.54. The molecule has 1 aromatic heterocycles. The fourth-order valence-electron chi connectivity index (χ4n) is 0.804. The first-order valence-corrected chi connectivity index (χ1v) is 4.58. The molecule has 0 radical (unpaired) electrons. The summed E-state index contributed by atoms with van der Waals surface area (Å²) < 4.78 is 37.1. The van der Waals surface area contributed by atoms with E-state index < -0.39 is 17.8 Å². The Bertz CT molecular complexity index is 296. The van der Waals surface area contributed by atoms with Crippen molar-refractivity contribution in [2.45, 2.75) is 12.3 Å². The minimum absolute atomic E-state index is 0.0148. The zero-order valence-electron chi connectivity index (χ0n) is 6.20. The summed E-state index contributed by atoms with van der Waals surface area (Å²) in [5, 5.41) is 0. The van der Waals surface area contributed by atoms with E-state index >= 15 is 0 Å². The third-order valence-electron chi connectivity index (χ3n) is 1.37. The molecule has 0 saturated heterocycles. The molecule has 13 heavy (non-hydrogen) atoms. The molecule has 0 unspecified atom stereocenters. The molecule has 0 spiro atoms. The van der Waals surface area contributed by atoms with Gasteiger partial charge in [0, 0.05) is 0 Å². The molecule has 0 N–H and O–H groups in total. The highest BCUT2D eigenvalue weighted by molar-refractivity contribution is 9.10. The quantitative estimate of drug-likeness (QED) is 0.592. The lowest BCUT2D eigenvalue weighted by atomic mass is 10.2. The molecule has 0 atom stereocenters. The summed E-state index contributed by atoms with van der Waals surface area (Å²) in [5.41, 5.74) is -0.510. The molecule has 0 aromatic carbocycles. The van der Waals surface area contributed by atoms with Crippen LogP contribution in [-0.2, 0) is 5.88 Å². The van der Waals surface area contributed by atoms with Crippen LogP contribution >= 0.6 is 27.5 Å². The highest BCUT2D eigenvalue weighted by Gasteiger charge is 2.19. The van der Waals surface area contributed by atoms with Gasteiger partial charge in [0.2, 0.25) is 0 Å². The topological polar surface area (TPSA) is 12.9 Å². The highest BCUT2D eigenvalue weighted by atomic mass is 79.9. The van der Waals surface area contributed by atoms with Crippen molar-refractivity contribution in [2.24, 2.45) is 0 Å². The molecule has 0 saturated carbocycles. The van der Waals surface area contributed by atoms with Crippen molar-refractivity contribution in [2.75, 3.05) is 0 Å². The van der Waals surface area contributed by atoms with Gasteiger partial charge >= 0.3 is 0 Å². The maximum atomic E-state index is 12.9. The number of nitrogens with zero attached hydrogens (tertiary/aromatic N) is 1. The van der Waals surface area contributed by atoms with Crippen molar-refractivity contribution in [3.63, 3.8) is 0 Å². The van der Waals surface area contributed by atoms with Crippen molar-refractivity contribution in [3.05, 3.63) is 27.7 Å². The number of pyridine rings is 1. The monoisotopic (exact) mass is 273 g/mol. The van der Waals surface area contributed by atoms with E-state index in [-0.39, 0.29) is 16.2 Å². The lowest BCUT2D eigenvalue weighted by molar-refractivity contribution is 0.144. The SMILES string of the molecule is Fc1cc(CCl)nc(Br)c1C(F)F. The number of alkyl halides is 3. The number of hydrogen-bond donors (Lipinski definition) is 0. The van der Waals surface area contributed by atoms with Gasteiger partial charge in [0.05, 0.1) is 17.1 Å². The van der Waals surface area contributed by atoms with E-state index in [0.29, 0.717) is 0 Å². The molecular formula is C7H4BrClF3N. The Morgan fingerprint density at radius 2 is 2.15 bits per heavy atom. The van der Waals surface area contributed by atoms with Crippen molar-refractivity contribution < 1.29 is 13.2 Å². The van der Waals surface area contributed by atoms with Gasteiger partial charge in [-0.25, -0.2) is 18.2 Å². The summed E-state index contributed by atoms with van der Waals surface area (Å²) in [7, 11) is 0. The summed E-state index contributed by atoms with van der Waals surface area (Å²) in [6.07, 6.45) is -2.88. The maximum Gasteiger partial charge on any atom is 0.269 e. The first-order chi connectivity index (χ1) is 6.06. The average Bonchev–Trinajstić information content (AvgIpc) is 2.02. The molecule has 0 amide bonds. The van der Waals surface area contributed by atoms with Gasteiger partial charge in [0.25, 0.3) is 6.43 Å². The maximum absolute atomic E-state index is 12.9. The van der Waals surface area contributed by atoms with E-state index in [1.165, 1.54) is 0 Å². The molecule has 1 heterocycles. The number of hydrogen-bond acceptors (Lipinski definition) is 1. The Morgan fingerprint density at radius 3 is 2.54 bits per heavy atom. The first kappa shape index (κ1) is 10.8. The van der Waals surface area contributed by atoms with E-state index in [0.717, 1.165) is 6.07 Å². The lowest BCUT2D eigenvalue weighted by Gasteiger charge is -2.05. The Morgan fingerprint density at radius 1 is 1.54 bits per heavy atom. The third kappa shape index (κ3) is 2.34.